The van der Waals surface area contributed by atoms with Crippen LogP contribution in [-0.4, -0.2) is 26.2 Å². The van der Waals surface area contributed by atoms with E-state index in [0.29, 0.717) is 5.56 Å². The molecule has 0 N–H and O–H groups in total. The number of rotatable bonds is 6. The van der Waals surface area contributed by atoms with Crippen LogP contribution in [0, 0.1) is 5.92 Å². The predicted octanol–water partition coefficient (Wildman–Crippen LogP) is 3.45. The summed E-state index contributed by atoms with van der Waals surface area (Å²) < 4.78 is 9.81. The van der Waals surface area contributed by atoms with Crippen LogP contribution in [0.4, 0.5) is 0 Å². The number of hydrogen-bond donors (Lipinski definition) is 0. The van der Waals surface area contributed by atoms with Crippen LogP contribution < -0.4 is 0 Å². The Morgan fingerprint density at radius 1 is 0.833 bits per heavy atom. The molecule has 0 aliphatic rings. The van der Waals surface area contributed by atoms with Gasteiger partial charge in [-0.1, -0.05) is 72.8 Å². The molecule has 0 spiro atoms. The molecule has 0 aromatic heterocycles. The van der Waals surface area contributed by atoms with Crippen LogP contribution in [0.3, 0.4) is 0 Å². The highest BCUT2D eigenvalue weighted by atomic mass is 16.5. The van der Waals surface area contributed by atoms with Crippen molar-refractivity contribution < 1.29 is 19.1 Å². The smallest absolute Gasteiger partial charge is 0.314 e. The number of carbonyl (C=O) groups excluding carboxylic acids is 2. The first-order valence-corrected chi connectivity index (χ1v) is 7.61. The molecule has 2 atom stereocenters. The molecular weight excluding hydrogens is 304 g/mol. The van der Waals surface area contributed by atoms with Crippen molar-refractivity contribution in [2.45, 2.75) is 5.92 Å². The number of benzene rings is 2. The van der Waals surface area contributed by atoms with Crippen molar-refractivity contribution in [2.75, 3.05) is 14.2 Å². The molecule has 0 aliphatic carbocycles. The molecule has 0 aliphatic heterocycles. The highest BCUT2D eigenvalue weighted by molar-refractivity contribution is 5.88. The van der Waals surface area contributed by atoms with Crippen molar-refractivity contribution in [3.63, 3.8) is 0 Å². The standard InChI is InChI=1S/C20H20O4/c1-23-19(21)17(14-13-15-9-5-3-6-10-15)18(20(22)24-2)16-11-7-4-8-12-16/h3-14,17-18H,1-2H3/b14-13+. The minimum Gasteiger partial charge on any atom is -0.469 e. The Bertz CT molecular complexity index is 692. The second-order valence-corrected chi connectivity index (χ2v) is 5.23. The summed E-state index contributed by atoms with van der Waals surface area (Å²) in [6.45, 7) is 0. The summed E-state index contributed by atoms with van der Waals surface area (Å²) in [5, 5.41) is 0. The summed E-state index contributed by atoms with van der Waals surface area (Å²) in [5.41, 5.74) is 1.64. The third kappa shape index (κ3) is 4.32. The van der Waals surface area contributed by atoms with Crippen molar-refractivity contribution in [1.82, 2.24) is 0 Å². The summed E-state index contributed by atoms with van der Waals surface area (Å²) >= 11 is 0. The van der Waals surface area contributed by atoms with E-state index in [1.165, 1.54) is 14.2 Å². The lowest BCUT2D eigenvalue weighted by Gasteiger charge is -2.21. The molecule has 0 saturated heterocycles. The summed E-state index contributed by atoms with van der Waals surface area (Å²) in [6.07, 6.45) is 3.50. The zero-order valence-corrected chi connectivity index (χ0v) is 13.7. The fraction of sp³-hybridized carbons (Fsp3) is 0.200. The van der Waals surface area contributed by atoms with Crippen LogP contribution in [0.15, 0.2) is 66.7 Å². The van der Waals surface area contributed by atoms with Gasteiger partial charge in [-0.15, -0.1) is 0 Å². The van der Waals surface area contributed by atoms with E-state index in [-0.39, 0.29) is 0 Å². The Balaban J connectivity index is 2.41. The number of esters is 2. The summed E-state index contributed by atoms with van der Waals surface area (Å²) in [5.74, 6) is -2.50. The maximum Gasteiger partial charge on any atom is 0.314 e. The summed E-state index contributed by atoms with van der Waals surface area (Å²) in [7, 11) is 2.62. The normalized spacial score (nSPS) is 13.2. The van der Waals surface area contributed by atoms with E-state index in [9.17, 15) is 9.59 Å². The Kier molecular flexibility index (Phi) is 6.32. The van der Waals surface area contributed by atoms with Crippen LogP contribution in [0.5, 0.6) is 0 Å². The fourth-order valence-electron chi connectivity index (χ4n) is 2.52. The molecule has 2 unspecified atom stereocenters. The van der Waals surface area contributed by atoms with Gasteiger partial charge in [0.25, 0.3) is 0 Å². The molecule has 4 nitrogen and oxygen atoms in total. The average molecular weight is 324 g/mol. The maximum absolute atomic E-state index is 12.3. The van der Waals surface area contributed by atoms with Gasteiger partial charge < -0.3 is 9.47 Å². The summed E-state index contributed by atoms with van der Waals surface area (Å²) in [4.78, 5) is 24.6. The predicted molar refractivity (Wildman–Crippen MR) is 92.2 cm³/mol. The molecule has 0 heterocycles. The van der Waals surface area contributed by atoms with Crippen molar-refractivity contribution in [1.29, 1.82) is 0 Å². The van der Waals surface area contributed by atoms with Crippen molar-refractivity contribution in [3.8, 4) is 0 Å². The van der Waals surface area contributed by atoms with Gasteiger partial charge in [0.15, 0.2) is 0 Å². The quantitative estimate of drug-likeness (QED) is 0.764. The lowest BCUT2D eigenvalue weighted by atomic mass is 9.85. The van der Waals surface area contributed by atoms with E-state index in [2.05, 4.69) is 0 Å². The molecular formula is C20H20O4. The Morgan fingerprint density at radius 2 is 1.38 bits per heavy atom. The van der Waals surface area contributed by atoms with Gasteiger partial charge in [-0.05, 0) is 11.1 Å². The number of methoxy groups -OCH3 is 2. The maximum atomic E-state index is 12.3. The topological polar surface area (TPSA) is 52.6 Å². The molecule has 2 aromatic rings. The molecule has 0 bridgehead atoms. The molecule has 0 radical (unpaired) electrons. The minimum atomic E-state index is -0.773. The van der Waals surface area contributed by atoms with E-state index in [1.807, 2.05) is 48.5 Å². The van der Waals surface area contributed by atoms with E-state index in [1.54, 1.807) is 24.3 Å². The van der Waals surface area contributed by atoms with Crippen molar-refractivity contribution in [3.05, 3.63) is 77.9 Å². The highest BCUT2D eigenvalue weighted by Gasteiger charge is 2.34. The lowest BCUT2D eigenvalue weighted by Crippen LogP contribution is -2.28. The third-order valence-electron chi connectivity index (χ3n) is 3.74. The van der Waals surface area contributed by atoms with Gasteiger partial charge in [-0.25, -0.2) is 0 Å². The van der Waals surface area contributed by atoms with Gasteiger partial charge in [0.2, 0.25) is 0 Å². The van der Waals surface area contributed by atoms with Gasteiger partial charge in [0.1, 0.15) is 0 Å². The monoisotopic (exact) mass is 324 g/mol. The van der Waals surface area contributed by atoms with Gasteiger partial charge >= 0.3 is 11.9 Å². The van der Waals surface area contributed by atoms with Gasteiger partial charge in [0, 0.05) is 0 Å². The molecule has 0 fully saturated rings. The van der Waals surface area contributed by atoms with Crippen LogP contribution in [-0.2, 0) is 19.1 Å². The first kappa shape index (κ1) is 17.5. The molecule has 2 rings (SSSR count). The van der Waals surface area contributed by atoms with Gasteiger partial charge in [-0.3, -0.25) is 9.59 Å². The first-order valence-electron chi connectivity index (χ1n) is 7.61. The van der Waals surface area contributed by atoms with Gasteiger partial charge in [0.05, 0.1) is 26.1 Å². The van der Waals surface area contributed by atoms with Gasteiger partial charge in [-0.2, -0.15) is 0 Å². The van der Waals surface area contributed by atoms with Crippen molar-refractivity contribution in [2.24, 2.45) is 5.92 Å². The fourth-order valence-corrected chi connectivity index (χ4v) is 2.52. The molecule has 0 amide bonds. The number of carbonyl (C=O) groups is 2. The second-order valence-electron chi connectivity index (χ2n) is 5.23. The Labute approximate surface area is 141 Å². The Hall–Kier alpha value is -2.88. The number of ether oxygens (including phenoxy) is 2. The summed E-state index contributed by atoms with van der Waals surface area (Å²) in [6, 6.07) is 18.6. The van der Waals surface area contributed by atoms with Crippen LogP contribution in [0.1, 0.15) is 17.0 Å². The first-order chi connectivity index (χ1) is 11.7. The zero-order chi connectivity index (χ0) is 17.4. The minimum absolute atomic E-state index is 0.477. The second kappa shape index (κ2) is 8.67. The third-order valence-corrected chi connectivity index (χ3v) is 3.74. The van der Waals surface area contributed by atoms with E-state index < -0.39 is 23.8 Å². The van der Waals surface area contributed by atoms with E-state index >= 15 is 0 Å². The van der Waals surface area contributed by atoms with Crippen LogP contribution in [0.2, 0.25) is 0 Å². The average Bonchev–Trinajstić information content (AvgIpc) is 2.65. The number of hydrogen-bond acceptors (Lipinski definition) is 4. The molecule has 2 aromatic carbocycles. The van der Waals surface area contributed by atoms with Crippen LogP contribution in [0.25, 0.3) is 6.08 Å². The highest BCUT2D eigenvalue weighted by Crippen LogP contribution is 2.29. The largest absolute Gasteiger partial charge is 0.469 e. The molecule has 0 saturated carbocycles. The van der Waals surface area contributed by atoms with Crippen molar-refractivity contribution >= 4 is 18.0 Å². The van der Waals surface area contributed by atoms with E-state index in [4.69, 9.17) is 9.47 Å². The molecule has 24 heavy (non-hydrogen) atoms. The van der Waals surface area contributed by atoms with Crippen LogP contribution >= 0.6 is 0 Å². The zero-order valence-electron chi connectivity index (χ0n) is 13.7. The SMILES string of the molecule is COC(=O)C(/C=C/c1ccccc1)C(C(=O)OC)c1ccccc1. The molecule has 124 valence electrons. The molecule has 4 heteroatoms. The van der Waals surface area contributed by atoms with E-state index in [0.717, 1.165) is 5.56 Å². The Morgan fingerprint density at radius 3 is 1.92 bits per heavy atom. The lowest BCUT2D eigenvalue weighted by molar-refractivity contribution is -0.152.